The lowest BCUT2D eigenvalue weighted by atomic mass is 9.69. The van der Waals surface area contributed by atoms with Crippen LogP contribution in [0.15, 0.2) is 0 Å². The molecule has 3 heteroatoms. The molecule has 0 aromatic heterocycles. The number of hydrogen-bond acceptors (Lipinski definition) is 3. The molecule has 2 rings (SSSR count). The van der Waals surface area contributed by atoms with E-state index in [1.807, 2.05) is 0 Å². The number of hydrogen-bond donors (Lipinski definition) is 1. The van der Waals surface area contributed by atoms with E-state index in [1.54, 1.807) is 0 Å². The summed E-state index contributed by atoms with van der Waals surface area (Å²) in [5.74, 6) is 5.03. The molecule has 0 aromatic carbocycles. The van der Waals surface area contributed by atoms with Crippen LogP contribution in [0.5, 0.6) is 0 Å². The van der Waals surface area contributed by atoms with Gasteiger partial charge in [0.15, 0.2) is 0 Å². The van der Waals surface area contributed by atoms with E-state index in [2.05, 4.69) is 49.6 Å². The van der Waals surface area contributed by atoms with Crippen molar-refractivity contribution in [3.63, 3.8) is 0 Å². The molecule has 0 amide bonds. The van der Waals surface area contributed by atoms with E-state index in [4.69, 9.17) is 0 Å². The highest BCUT2D eigenvalue weighted by molar-refractivity contribution is 8.06. The van der Waals surface area contributed by atoms with Crippen LogP contribution in [-0.4, -0.2) is 35.1 Å². The zero-order valence-corrected chi connectivity index (χ0v) is 14.5. The predicted octanol–water partition coefficient (Wildman–Crippen LogP) is 4.42. The van der Waals surface area contributed by atoms with E-state index in [9.17, 15) is 0 Å². The van der Waals surface area contributed by atoms with Crippen molar-refractivity contribution in [1.82, 2.24) is 5.32 Å². The van der Waals surface area contributed by atoms with Crippen molar-refractivity contribution in [3.05, 3.63) is 0 Å². The molecule has 1 saturated carbocycles. The molecule has 112 valence electrons. The van der Waals surface area contributed by atoms with Crippen molar-refractivity contribution in [2.45, 2.75) is 64.2 Å². The molecule has 1 aliphatic carbocycles. The Kier molecular flexibility index (Phi) is 6.42. The minimum atomic E-state index is 0.556. The van der Waals surface area contributed by atoms with Gasteiger partial charge in [-0.3, -0.25) is 0 Å². The predicted molar refractivity (Wildman–Crippen MR) is 91.4 cm³/mol. The van der Waals surface area contributed by atoms with Gasteiger partial charge in [0.2, 0.25) is 0 Å². The normalized spacial score (nSPS) is 33.3. The van der Waals surface area contributed by atoms with Crippen LogP contribution >= 0.6 is 23.5 Å². The second-order valence-corrected chi connectivity index (χ2v) is 9.42. The van der Waals surface area contributed by atoms with Crippen LogP contribution in [0.4, 0.5) is 0 Å². The van der Waals surface area contributed by atoms with Crippen LogP contribution in [0.25, 0.3) is 0 Å². The third-order valence-electron chi connectivity index (χ3n) is 5.26. The highest BCUT2D eigenvalue weighted by Crippen LogP contribution is 2.40. The summed E-state index contributed by atoms with van der Waals surface area (Å²) in [7, 11) is 0. The maximum Gasteiger partial charge on any atom is 0.0263 e. The first-order chi connectivity index (χ1) is 9.12. The molecular formula is C16H31NS2. The average Bonchev–Trinajstić information content (AvgIpc) is 2.47. The zero-order chi connectivity index (χ0) is 13.7. The summed E-state index contributed by atoms with van der Waals surface area (Å²) in [6.07, 6.45) is 7.00. The second-order valence-electron chi connectivity index (χ2n) is 6.87. The Morgan fingerprint density at radius 1 is 1.11 bits per heavy atom. The van der Waals surface area contributed by atoms with Crippen LogP contribution in [0.2, 0.25) is 0 Å². The van der Waals surface area contributed by atoms with Gasteiger partial charge in [-0.1, -0.05) is 27.2 Å². The van der Waals surface area contributed by atoms with E-state index in [1.165, 1.54) is 55.9 Å². The molecule has 0 aromatic rings. The molecule has 0 spiro atoms. The summed E-state index contributed by atoms with van der Waals surface area (Å²) >= 11 is 4.31. The van der Waals surface area contributed by atoms with Gasteiger partial charge in [0.1, 0.15) is 0 Å². The zero-order valence-electron chi connectivity index (χ0n) is 12.9. The fraction of sp³-hybridized carbons (Fsp3) is 1.00. The average molecular weight is 302 g/mol. The third kappa shape index (κ3) is 4.86. The monoisotopic (exact) mass is 301 g/mol. The van der Waals surface area contributed by atoms with Gasteiger partial charge in [-0.05, 0) is 37.0 Å². The minimum Gasteiger partial charge on any atom is -0.313 e. The Morgan fingerprint density at radius 3 is 2.42 bits per heavy atom. The Balaban J connectivity index is 1.66. The van der Waals surface area contributed by atoms with Crippen molar-refractivity contribution in [2.75, 3.05) is 23.8 Å². The van der Waals surface area contributed by atoms with Gasteiger partial charge >= 0.3 is 0 Å². The van der Waals surface area contributed by atoms with Crippen molar-refractivity contribution in [2.24, 2.45) is 11.3 Å². The number of nitrogens with one attached hydrogen (secondary N) is 1. The summed E-state index contributed by atoms with van der Waals surface area (Å²) in [6, 6.07) is 0.802. The van der Waals surface area contributed by atoms with Gasteiger partial charge in [0.25, 0.3) is 0 Å². The standard InChI is InChI=1S/C16H31NS2/c1-4-16(2,3)13-5-7-14(8-6-13)17-11-15-12-18-9-10-19-15/h13-15,17H,4-12H2,1-3H3. The first kappa shape index (κ1) is 16.0. The summed E-state index contributed by atoms with van der Waals surface area (Å²) < 4.78 is 0. The third-order valence-corrected chi connectivity index (χ3v) is 8.11. The fourth-order valence-electron chi connectivity index (χ4n) is 3.32. The molecular weight excluding hydrogens is 270 g/mol. The van der Waals surface area contributed by atoms with Crippen molar-refractivity contribution in [1.29, 1.82) is 0 Å². The van der Waals surface area contributed by atoms with Gasteiger partial charge in [0.05, 0.1) is 0 Å². The molecule has 1 unspecified atom stereocenters. The lowest BCUT2D eigenvalue weighted by Gasteiger charge is -2.39. The quantitative estimate of drug-likeness (QED) is 0.807. The van der Waals surface area contributed by atoms with Gasteiger partial charge in [-0.25, -0.2) is 0 Å². The summed E-state index contributed by atoms with van der Waals surface area (Å²) in [5, 5.41) is 4.71. The van der Waals surface area contributed by atoms with Gasteiger partial charge in [-0.15, -0.1) is 0 Å². The first-order valence-corrected chi connectivity index (χ1v) is 10.2. The largest absolute Gasteiger partial charge is 0.313 e. The maximum atomic E-state index is 3.85. The van der Waals surface area contributed by atoms with E-state index < -0.39 is 0 Å². The van der Waals surface area contributed by atoms with Gasteiger partial charge in [-0.2, -0.15) is 23.5 Å². The number of rotatable bonds is 5. The van der Waals surface area contributed by atoms with Crippen LogP contribution in [0.3, 0.4) is 0 Å². The number of thioether (sulfide) groups is 2. The molecule has 0 radical (unpaired) electrons. The summed E-state index contributed by atoms with van der Waals surface area (Å²) in [5.41, 5.74) is 0.556. The van der Waals surface area contributed by atoms with E-state index >= 15 is 0 Å². The van der Waals surface area contributed by atoms with Crippen molar-refractivity contribution >= 4 is 23.5 Å². The van der Waals surface area contributed by atoms with Gasteiger partial charge < -0.3 is 5.32 Å². The molecule has 1 N–H and O–H groups in total. The van der Waals surface area contributed by atoms with E-state index in [-0.39, 0.29) is 0 Å². The maximum absolute atomic E-state index is 3.85. The van der Waals surface area contributed by atoms with E-state index in [0.717, 1.165) is 17.2 Å². The minimum absolute atomic E-state index is 0.556. The Hall–Kier alpha value is 0.660. The van der Waals surface area contributed by atoms with Crippen LogP contribution in [0.1, 0.15) is 52.9 Å². The molecule has 1 atom stereocenters. The molecule has 1 saturated heterocycles. The van der Waals surface area contributed by atoms with Crippen LogP contribution in [-0.2, 0) is 0 Å². The van der Waals surface area contributed by atoms with Crippen LogP contribution < -0.4 is 5.32 Å². The SMILES string of the molecule is CCC(C)(C)C1CCC(NCC2CSCCS2)CC1. The van der Waals surface area contributed by atoms with Gasteiger partial charge in [0, 0.05) is 35.1 Å². The lowest BCUT2D eigenvalue weighted by Crippen LogP contribution is -2.40. The lowest BCUT2D eigenvalue weighted by molar-refractivity contribution is 0.137. The van der Waals surface area contributed by atoms with Crippen molar-refractivity contribution < 1.29 is 0 Å². The van der Waals surface area contributed by atoms with Crippen molar-refractivity contribution in [3.8, 4) is 0 Å². The summed E-state index contributed by atoms with van der Waals surface area (Å²) in [4.78, 5) is 0. The Morgan fingerprint density at radius 2 is 1.84 bits per heavy atom. The highest BCUT2D eigenvalue weighted by atomic mass is 32.2. The Labute approximate surface area is 128 Å². The van der Waals surface area contributed by atoms with E-state index in [0.29, 0.717) is 5.41 Å². The topological polar surface area (TPSA) is 12.0 Å². The molecule has 19 heavy (non-hydrogen) atoms. The molecule has 1 heterocycles. The second kappa shape index (κ2) is 7.61. The Bertz CT molecular complexity index is 253. The highest BCUT2D eigenvalue weighted by Gasteiger charge is 2.31. The molecule has 2 aliphatic rings. The molecule has 0 bridgehead atoms. The smallest absolute Gasteiger partial charge is 0.0263 e. The molecule has 1 nitrogen and oxygen atoms in total. The first-order valence-electron chi connectivity index (χ1n) is 8.04. The fourth-order valence-corrected chi connectivity index (χ4v) is 5.94. The van der Waals surface area contributed by atoms with Crippen LogP contribution in [0, 0.1) is 11.3 Å². The molecule has 1 aliphatic heterocycles. The molecule has 2 fully saturated rings. The summed E-state index contributed by atoms with van der Waals surface area (Å²) in [6.45, 7) is 8.51.